The van der Waals surface area contributed by atoms with Crippen LogP contribution in [0.3, 0.4) is 0 Å². The number of carbonyl (C=O) groups excluding carboxylic acids is 1. The Morgan fingerprint density at radius 1 is 1.45 bits per heavy atom. The maximum Gasteiger partial charge on any atom is 0.270 e. The first-order chi connectivity index (χ1) is 9.27. The first-order valence-electron chi connectivity index (χ1n) is 5.52. The van der Waals surface area contributed by atoms with E-state index in [1.807, 2.05) is 0 Å². The van der Waals surface area contributed by atoms with Gasteiger partial charge in [0.2, 0.25) is 15.9 Å². The number of sulfonamides is 1. The van der Waals surface area contributed by atoms with Crippen molar-refractivity contribution in [2.24, 2.45) is 0 Å². The van der Waals surface area contributed by atoms with Gasteiger partial charge in [-0.05, 0) is 6.07 Å². The van der Waals surface area contributed by atoms with Crippen molar-refractivity contribution in [3.8, 4) is 0 Å². The molecule has 0 saturated heterocycles. The molecular weight excluding hydrogens is 288 g/mol. The molecule has 10 heteroatoms. The molecule has 0 spiro atoms. The fraction of sp³-hybridized carbons (Fsp3) is 0.300. The standard InChI is InChI=1S/C10H14N4O5S/c1-12-10(15)4-5-13-20(18,19)9-6-7(14(16)17)2-3-8(9)11/h2-3,6,13H,4-5,11H2,1H3,(H,12,15). The first kappa shape index (κ1) is 15.9. The van der Waals surface area contributed by atoms with Crippen LogP contribution in [-0.4, -0.2) is 32.8 Å². The molecule has 1 aromatic rings. The van der Waals surface area contributed by atoms with Crippen molar-refractivity contribution < 1.29 is 18.1 Å². The lowest BCUT2D eigenvalue weighted by atomic mass is 10.3. The molecule has 1 rings (SSSR count). The Hall–Kier alpha value is -2.20. The molecule has 1 amide bonds. The molecule has 20 heavy (non-hydrogen) atoms. The van der Waals surface area contributed by atoms with E-state index in [0.29, 0.717) is 0 Å². The largest absolute Gasteiger partial charge is 0.398 e. The average Bonchev–Trinajstić information content (AvgIpc) is 2.38. The minimum absolute atomic E-state index is 0.0510. The van der Waals surface area contributed by atoms with Crippen LogP contribution in [0.25, 0.3) is 0 Å². The van der Waals surface area contributed by atoms with E-state index in [2.05, 4.69) is 10.0 Å². The molecule has 0 bridgehead atoms. The first-order valence-corrected chi connectivity index (χ1v) is 7.00. The third kappa shape index (κ3) is 3.90. The van der Waals surface area contributed by atoms with Gasteiger partial charge in [-0.25, -0.2) is 13.1 Å². The number of nitro groups is 1. The molecule has 0 unspecified atom stereocenters. The third-order valence-corrected chi connectivity index (χ3v) is 3.94. The van der Waals surface area contributed by atoms with Gasteiger partial charge in [-0.15, -0.1) is 0 Å². The number of hydrogen-bond donors (Lipinski definition) is 3. The fourth-order valence-corrected chi connectivity index (χ4v) is 2.55. The highest BCUT2D eigenvalue weighted by Crippen LogP contribution is 2.23. The molecule has 0 aromatic heterocycles. The number of rotatable bonds is 6. The highest BCUT2D eigenvalue weighted by atomic mass is 32.2. The Morgan fingerprint density at radius 2 is 2.10 bits per heavy atom. The monoisotopic (exact) mass is 302 g/mol. The molecule has 0 fully saturated rings. The maximum atomic E-state index is 12.0. The van der Waals surface area contributed by atoms with Crippen LogP contribution in [0.1, 0.15) is 6.42 Å². The quantitative estimate of drug-likeness (QED) is 0.370. The van der Waals surface area contributed by atoms with E-state index in [-0.39, 0.29) is 35.1 Å². The second-order valence-electron chi connectivity index (χ2n) is 3.80. The van der Waals surface area contributed by atoms with Gasteiger partial charge in [0.05, 0.1) is 10.6 Å². The number of hydrogen-bond acceptors (Lipinski definition) is 6. The van der Waals surface area contributed by atoms with Gasteiger partial charge in [-0.1, -0.05) is 0 Å². The summed E-state index contributed by atoms with van der Waals surface area (Å²) in [5.74, 6) is -0.334. The Bertz CT molecular complexity index is 629. The summed E-state index contributed by atoms with van der Waals surface area (Å²) in [6, 6.07) is 3.13. The van der Waals surface area contributed by atoms with Gasteiger partial charge in [-0.2, -0.15) is 0 Å². The topological polar surface area (TPSA) is 144 Å². The second-order valence-corrected chi connectivity index (χ2v) is 5.54. The Morgan fingerprint density at radius 3 is 2.65 bits per heavy atom. The minimum atomic E-state index is -4.01. The van der Waals surface area contributed by atoms with Gasteiger partial charge in [0.25, 0.3) is 5.69 Å². The zero-order valence-electron chi connectivity index (χ0n) is 10.6. The summed E-state index contributed by atoms with van der Waals surface area (Å²) < 4.78 is 26.1. The van der Waals surface area contributed by atoms with Crippen molar-refractivity contribution >= 4 is 27.3 Å². The predicted molar refractivity (Wildman–Crippen MR) is 71.4 cm³/mol. The second kappa shape index (κ2) is 6.30. The molecular formula is C10H14N4O5S. The lowest BCUT2D eigenvalue weighted by molar-refractivity contribution is -0.385. The Kier molecular flexibility index (Phi) is 5.00. The zero-order chi connectivity index (χ0) is 15.3. The number of carbonyl (C=O) groups is 1. The lowest BCUT2D eigenvalue weighted by Gasteiger charge is -2.08. The zero-order valence-corrected chi connectivity index (χ0v) is 11.4. The number of nitrogens with one attached hydrogen (secondary N) is 2. The van der Waals surface area contributed by atoms with Gasteiger partial charge in [-0.3, -0.25) is 14.9 Å². The molecule has 4 N–H and O–H groups in total. The maximum absolute atomic E-state index is 12.0. The SMILES string of the molecule is CNC(=O)CCNS(=O)(=O)c1cc([N+](=O)[O-])ccc1N. The highest BCUT2D eigenvalue weighted by Gasteiger charge is 2.20. The number of benzene rings is 1. The van der Waals surface area contributed by atoms with E-state index in [4.69, 9.17) is 5.73 Å². The van der Waals surface area contributed by atoms with Crippen molar-refractivity contribution in [3.63, 3.8) is 0 Å². The fourth-order valence-electron chi connectivity index (χ4n) is 1.37. The minimum Gasteiger partial charge on any atom is -0.398 e. The van der Waals surface area contributed by atoms with E-state index < -0.39 is 14.9 Å². The summed E-state index contributed by atoms with van der Waals surface area (Å²) in [5.41, 5.74) is 5.02. The molecule has 1 aromatic carbocycles. The molecule has 0 aliphatic heterocycles. The molecule has 110 valence electrons. The van der Waals surface area contributed by atoms with Crippen molar-refractivity contribution in [1.82, 2.24) is 10.0 Å². The van der Waals surface area contributed by atoms with Crippen LogP contribution in [-0.2, 0) is 14.8 Å². The van der Waals surface area contributed by atoms with Crippen molar-refractivity contribution in [2.75, 3.05) is 19.3 Å². The Balaban J connectivity index is 2.94. The number of nitrogen functional groups attached to an aromatic ring is 1. The van der Waals surface area contributed by atoms with E-state index in [0.717, 1.165) is 18.2 Å². The molecule has 0 saturated carbocycles. The summed E-state index contributed by atoms with van der Waals surface area (Å²) in [5, 5.41) is 13.0. The predicted octanol–water partition coefficient (Wildman–Crippen LogP) is -0.409. The van der Waals surface area contributed by atoms with Crippen molar-refractivity contribution in [2.45, 2.75) is 11.3 Å². The molecule has 0 atom stereocenters. The van der Waals surface area contributed by atoms with E-state index in [1.165, 1.54) is 7.05 Å². The van der Waals surface area contributed by atoms with E-state index >= 15 is 0 Å². The molecule has 0 aliphatic rings. The van der Waals surface area contributed by atoms with Gasteiger partial charge in [0.1, 0.15) is 4.90 Å². The number of anilines is 1. The summed E-state index contributed by atoms with van der Waals surface area (Å²) in [7, 11) is -2.58. The summed E-state index contributed by atoms with van der Waals surface area (Å²) in [4.78, 5) is 20.5. The van der Waals surface area contributed by atoms with Crippen molar-refractivity contribution in [1.29, 1.82) is 0 Å². The van der Waals surface area contributed by atoms with Gasteiger partial charge < -0.3 is 11.1 Å². The van der Waals surface area contributed by atoms with E-state index in [1.54, 1.807) is 0 Å². The number of non-ortho nitro benzene ring substituents is 1. The van der Waals surface area contributed by atoms with Crippen LogP contribution in [0, 0.1) is 10.1 Å². The number of nitrogens with two attached hydrogens (primary N) is 1. The molecule has 0 radical (unpaired) electrons. The van der Waals surface area contributed by atoms with Crippen LogP contribution in [0.15, 0.2) is 23.1 Å². The number of amides is 1. The molecule has 0 aliphatic carbocycles. The van der Waals surface area contributed by atoms with Crippen LogP contribution < -0.4 is 15.8 Å². The summed E-state index contributed by atoms with van der Waals surface area (Å²) in [6.45, 7) is -0.135. The third-order valence-electron chi connectivity index (χ3n) is 2.42. The Labute approximate surface area is 115 Å². The van der Waals surface area contributed by atoms with Gasteiger partial charge in [0.15, 0.2) is 0 Å². The summed E-state index contributed by atoms with van der Waals surface area (Å²) >= 11 is 0. The van der Waals surface area contributed by atoms with Gasteiger partial charge >= 0.3 is 0 Å². The van der Waals surface area contributed by atoms with Crippen molar-refractivity contribution in [3.05, 3.63) is 28.3 Å². The van der Waals surface area contributed by atoms with Crippen LogP contribution in [0.5, 0.6) is 0 Å². The van der Waals surface area contributed by atoms with Crippen LogP contribution in [0.4, 0.5) is 11.4 Å². The highest BCUT2D eigenvalue weighted by molar-refractivity contribution is 7.89. The number of nitrogens with zero attached hydrogens (tertiary/aromatic N) is 1. The van der Waals surface area contributed by atoms with E-state index in [9.17, 15) is 23.3 Å². The number of nitro benzene ring substituents is 1. The molecule has 9 nitrogen and oxygen atoms in total. The van der Waals surface area contributed by atoms with Crippen LogP contribution >= 0.6 is 0 Å². The average molecular weight is 302 g/mol. The van der Waals surface area contributed by atoms with Crippen LogP contribution in [0.2, 0.25) is 0 Å². The lowest BCUT2D eigenvalue weighted by Crippen LogP contribution is -2.29. The summed E-state index contributed by atoms with van der Waals surface area (Å²) in [6.07, 6.45) is -0.0510. The van der Waals surface area contributed by atoms with Gasteiger partial charge in [0, 0.05) is 32.1 Å². The molecule has 0 heterocycles. The normalized spacial score (nSPS) is 11.1. The smallest absolute Gasteiger partial charge is 0.270 e.